The van der Waals surface area contributed by atoms with Crippen LogP contribution in [0.4, 0.5) is 5.69 Å². The van der Waals surface area contributed by atoms with Crippen LogP contribution in [0.2, 0.25) is 20.1 Å². The number of aromatic nitrogens is 1. The van der Waals surface area contributed by atoms with Crippen molar-refractivity contribution >= 4 is 52.1 Å². The Morgan fingerprint density at radius 1 is 0.800 bits per heavy atom. The summed E-state index contributed by atoms with van der Waals surface area (Å²) in [6, 6.07) is 11.1. The van der Waals surface area contributed by atoms with Crippen molar-refractivity contribution in [1.82, 2.24) is 4.98 Å². The molecule has 3 aromatic rings. The van der Waals surface area contributed by atoms with E-state index in [9.17, 15) is 10.1 Å². The van der Waals surface area contributed by atoms with E-state index in [1.165, 1.54) is 12.3 Å². The zero-order valence-electron chi connectivity index (χ0n) is 12.3. The molecular weight excluding hydrogens is 406 g/mol. The van der Waals surface area contributed by atoms with Crippen molar-refractivity contribution in [1.29, 1.82) is 0 Å². The molecular formula is C17H8Cl4N2O2. The topological polar surface area (TPSA) is 56.0 Å². The molecule has 0 bridgehead atoms. The largest absolute Gasteiger partial charge is 0.303 e. The SMILES string of the molecule is O=[N+]([O-])c1c(-c2ccc(Cl)c(Cl)c2)ccnc1-c1ccc(Cl)c(Cl)c1. The fourth-order valence-electron chi connectivity index (χ4n) is 2.39. The average molecular weight is 414 g/mol. The fraction of sp³-hybridized carbons (Fsp3) is 0. The normalized spacial score (nSPS) is 10.7. The van der Waals surface area contributed by atoms with E-state index >= 15 is 0 Å². The van der Waals surface area contributed by atoms with Crippen LogP contribution in [-0.4, -0.2) is 9.91 Å². The van der Waals surface area contributed by atoms with Gasteiger partial charge in [0.2, 0.25) is 0 Å². The van der Waals surface area contributed by atoms with E-state index in [2.05, 4.69) is 4.98 Å². The van der Waals surface area contributed by atoms with E-state index < -0.39 is 4.92 Å². The summed E-state index contributed by atoms with van der Waals surface area (Å²) in [5, 5.41) is 13.1. The van der Waals surface area contributed by atoms with Gasteiger partial charge in [-0.1, -0.05) is 58.5 Å². The fourth-order valence-corrected chi connectivity index (χ4v) is 2.99. The van der Waals surface area contributed by atoms with Crippen molar-refractivity contribution in [3.8, 4) is 22.4 Å². The molecule has 0 aliphatic carbocycles. The number of nitro groups is 1. The van der Waals surface area contributed by atoms with Crippen LogP contribution in [0.15, 0.2) is 48.7 Å². The second kappa shape index (κ2) is 7.18. The van der Waals surface area contributed by atoms with Gasteiger partial charge in [0.1, 0.15) is 5.69 Å². The van der Waals surface area contributed by atoms with Gasteiger partial charge in [-0.05, 0) is 35.9 Å². The summed E-state index contributed by atoms with van der Waals surface area (Å²) in [6.45, 7) is 0. The Bertz CT molecular complexity index is 923. The minimum atomic E-state index is -0.483. The van der Waals surface area contributed by atoms with Gasteiger partial charge in [-0.3, -0.25) is 10.1 Å². The molecule has 1 heterocycles. The van der Waals surface area contributed by atoms with Crippen molar-refractivity contribution in [2.45, 2.75) is 0 Å². The molecule has 0 unspecified atom stereocenters. The lowest BCUT2D eigenvalue weighted by atomic mass is 10.0. The summed E-state index contributed by atoms with van der Waals surface area (Å²) < 4.78 is 0. The molecule has 2 aromatic carbocycles. The van der Waals surface area contributed by atoms with Gasteiger partial charge in [0.05, 0.1) is 30.6 Å². The molecule has 4 nitrogen and oxygen atoms in total. The molecule has 0 radical (unpaired) electrons. The second-order valence-electron chi connectivity index (χ2n) is 5.07. The van der Waals surface area contributed by atoms with E-state index in [0.29, 0.717) is 31.8 Å². The molecule has 8 heteroatoms. The highest BCUT2D eigenvalue weighted by Gasteiger charge is 2.24. The van der Waals surface area contributed by atoms with Gasteiger partial charge in [-0.2, -0.15) is 0 Å². The quantitative estimate of drug-likeness (QED) is 0.345. The van der Waals surface area contributed by atoms with E-state index in [4.69, 9.17) is 46.4 Å². The van der Waals surface area contributed by atoms with Crippen LogP contribution in [0.3, 0.4) is 0 Å². The Kier molecular flexibility index (Phi) is 5.16. The number of pyridine rings is 1. The number of benzene rings is 2. The number of rotatable bonds is 3. The van der Waals surface area contributed by atoms with Crippen LogP contribution < -0.4 is 0 Å². The molecule has 0 saturated carbocycles. The molecule has 0 atom stereocenters. The van der Waals surface area contributed by atoms with E-state index in [1.807, 2.05) is 0 Å². The van der Waals surface area contributed by atoms with E-state index in [-0.39, 0.29) is 16.4 Å². The highest BCUT2D eigenvalue weighted by Crippen LogP contribution is 2.39. The first kappa shape index (κ1) is 18.0. The van der Waals surface area contributed by atoms with Gasteiger partial charge in [0.15, 0.2) is 0 Å². The maximum atomic E-state index is 11.7. The first-order chi connectivity index (χ1) is 11.9. The molecule has 0 spiro atoms. The predicted octanol–water partition coefficient (Wildman–Crippen LogP) is 6.94. The van der Waals surface area contributed by atoms with Crippen molar-refractivity contribution < 1.29 is 4.92 Å². The predicted molar refractivity (Wildman–Crippen MR) is 102 cm³/mol. The zero-order valence-corrected chi connectivity index (χ0v) is 15.4. The summed E-state index contributed by atoms with van der Waals surface area (Å²) in [5.41, 5.74) is 1.46. The first-order valence-electron chi connectivity index (χ1n) is 6.92. The first-order valence-corrected chi connectivity index (χ1v) is 8.44. The van der Waals surface area contributed by atoms with Crippen LogP contribution in [0.1, 0.15) is 0 Å². The number of hydrogen-bond acceptors (Lipinski definition) is 3. The molecule has 0 fully saturated rings. The molecule has 25 heavy (non-hydrogen) atoms. The zero-order chi connectivity index (χ0) is 18.1. The lowest BCUT2D eigenvalue weighted by molar-refractivity contribution is -0.383. The molecule has 1 aromatic heterocycles. The molecule has 126 valence electrons. The van der Waals surface area contributed by atoms with Gasteiger partial charge >= 0.3 is 5.69 Å². The third-order valence-corrected chi connectivity index (χ3v) is 5.01. The third-order valence-electron chi connectivity index (χ3n) is 3.53. The monoisotopic (exact) mass is 412 g/mol. The van der Waals surface area contributed by atoms with Crippen LogP contribution in [0.5, 0.6) is 0 Å². The maximum Gasteiger partial charge on any atom is 0.303 e. The van der Waals surface area contributed by atoms with Crippen molar-refractivity contribution in [2.75, 3.05) is 0 Å². The van der Waals surface area contributed by atoms with Crippen LogP contribution in [0.25, 0.3) is 22.4 Å². The lowest BCUT2D eigenvalue weighted by Gasteiger charge is -2.09. The summed E-state index contributed by atoms with van der Waals surface area (Å²) in [7, 11) is 0. The Morgan fingerprint density at radius 3 is 1.92 bits per heavy atom. The summed E-state index contributed by atoms with van der Waals surface area (Å²) in [4.78, 5) is 15.4. The summed E-state index contributed by atoms with van der Waals surface area (Å²) in [6.07, 6.45) is 1.49. The Morgan fingerprint density at radius 2 is 1.36 bits per heavy atom. The minimum absolute atomic E-state index is 0.153. The van der Waals surface area contributed by atoms with Gasteiger partial charge in [-0.25, -0.2) is 4.98 Å². The molecule has 3 rings (SSSR count). The third kappa shape index (κ3) is 3.58. The Balaban J connectivity index is 2.26. The standard InChI is InChI=1S/C17H8Cl4N2O2/c18-12-3-1-9(7-14(12)20)11-5-6-22-16(17(11)23(24)25)10-2-4-13(19)15(21)8-10/h1-8H. The Hall–Kier alpha value is -1.85. The highest BCUT2D eigenvalue weighted by molar-refractivity contribution is 6.42. The smallest absolute Gasteiger partial charge is 0.258 e. The van der Waals surface area contributed by atoms with E-state index in [0.717, 1.165) is 0 Å². The van der Waals surface area contributed by atoms with Crippen molar-refractivity contribution in [2.24, 2.45) is 0 Å². The molecule has 0 aliphatic heterocycles. The minimum Gasteiger partial charge on any atom is -0.258 e. The van der Waals surface area contributed by atoms with Crippen LogP contribution in [0, 0.1) is 10.1 Å². The number of nitrogens with zero attached hydrogens (tertiary/aromatic N) is 2. The summed E-state index contributed by atoms with van der Waals surface area (Å²) >= 11 is 23.9. The number of hydrogen-bond donors (Lipinski definition) is 0. The van der Waals surface area contributed by atoms with Gasteiger partial charge in [0, 0.05) is 11.8 Å². The van der Waals surface area contributed by atoms with Crippen LogP contribution in [-0.2, 0) is 0 Å². The van der Waals surface area contributed by atoms with Gasteiger partial charge in [-0.15, -0.1) is 0 Å². The molecule has 0 amide bonds. The lowest BCUT2D eigenvalue weighted by Crippen LogP contribution is -1.98. The maximum absolute atomic E-state index is 11.7. The molecule has 0 aliphatic rings. The highest BCUT2D eigenvalue weighted by atomic mass is 35.5. The molecule has 0 N–H and O–H groups in total. The van der Waals surface area contributed by atoms with Crippen molar-refractivity contribution in [3.05, 3.63) is 78.9 Å². The second-order valence-corrected chi connectivity index (χ2v) is 6.70. The van der Waals surface area contributed by atoms with Crippen molar-refractivity contribution in [3.63, 3.8) is 0 Å². The summed E-state index contributed by atoms with van der Waals surface area (Å²) in [5.74, 6) is 0. The Labute approximate surface area is 163 Å². The van der Waals surface area contributed by atoms with E-state index in [1.54, 1.807) is 36.4 Å². The number of halogens is 4. The van der Waals surface area contributed by atoms with Gasteiger partial charge in [0.25, 0.3) is 0 Å². The van der Waals surface area contributed by atoms with Gasteiger partial charge < -0.3 is 0 Å². The average Bonchev–Trinajstić information content (AvgIpc) is 2.59. The van der Waals surface area contributed by atoms with Crippen LogP contribution >= 0.6 is 46.4 Å². The molecule has 0 saturated heterocycles.